The zero-order valence-electron chi connectivity index (χ0n) is 10.8. The van der Waals surface area contributed by atoms with E-state index >= 15 is 0 Å². The Kier molecular flexibility index (Phi) is 3.55. The van der Waals surface area contributed by atoms with Gasteiger partial charge in [-0.3, -0.25) is 9.59 Å². The predicted octanol–water partition coefficient (Wildman–Crippen LogP) is 2.28. The molecule has 1 aliphatic rings. The number of aryl methyl sites for hydroxylation is 2. The van der Waals surface area contributed by atoms with Gasteiger partial charge < -0.3 is 9.67 Å². The lowest BCUT2D eigenvalue weighted by Gasteiger charge is -2.33. The van der Waals surface area contributed by atoms with E-state index in [0.717, 1.165) is 37.1 Å². The number of aliphatic carboxylic acids is 1. The molecule has 2 rings (SSSR count). The van der Waals surface area contributed by atoms with Crippen LogP contribution >= 0.6 is 0 Å². The van der Waals surface area contributed by atoms with E-state index in [-0.39, 0.29) is 17.4 Å². The van der Waals surface area contributed by atoms with E-state index in [1.807, 2.05) is 18.4 Å². The number of carbonyl (C=O) groups is 1. The van der Waals surface area contributed by atoms with Gasteiger partial charge in [0.1, 0.15) is 0 Å². The second-order valence-electron chi connectivity index (χ2n) is 5.14. The van der Waals surface area contributed by atoms with Gasteiger partial charge in [0.15, 0.2) is 5.43 Å². The number of nitrogens with zero attached hydrogens (tertiary/aromatic N) is 1. The smallest absolute Gasteiger partial charge is 0.308 e. The standard InChI is InChI=1S/C14H19NO3/c1-9-7-11(16)8-10(2)15(9)13-6-4-3-5-12(13)14(17)18/h7-8,12-13H,3-6H2,1-2H3,(H,17,18). The van der Waals surface area contributed by atoms with Crippen molar-refractivity contribution in [1.82, 2.24) is 4.57 Å². The highest BCUT2D eigenvalue weighted by Gasteiger charge is 2.32. The van der Waals surface area contributed by atoms with E-state index in [2.05, 4.69) is 0 Å². The van der Waals surface area contributed by atoms with E-state index in [0.29, 0.717) is 0 Å². The molecule has 4 nitrogen and oxygen atoms in total. The van der Waals surface area contributed by atoms with Crippen molar-refractivity contribution in [3.05, 3.63) is 33.7 Å². The van der Waals surface area contributed by atoms with Crippen LogP contribution < -0.4 is 5.43 Å². The Morgan fingerprint density at radius 2 is 1.78 bits per heavy atom. The van der Waals surface area contributed by atoms with Gasteiger partial charge in [0, 0.05) is 29.6 Å². The molecule has 1 aromatic rings. The molecule has 18 heavy (non-hydrogen) atoms. The highest BCUT2D eigenvalue weighted by molar-refractivity contribution is 5.70. The lowest BCUT2D eigenvalue weighted by Crippen LogP contribution is -2.32. The molecular formula is C14H19NO3. The minimum atomic E-state index is -0.725. The molecule has 1 N–H and O–H groups in total. The van der Waals surface area contributed by atoms with Crippen molar-refractivity contribution < 1.29 is 9.90 Å². The molecule has 0 spiro atoms. The van der Waals surface area contributed by atoms with E-state index in [1.54, 1.807) is 12.1 Å². The molecule has 0 radical (unpaired) electrons. The second kappa shape index (κ2) is 4.96. The van der Waals surface area contributed by atoms with Gasteiger partial charge in [-0.2, -0.15) is 0 Å². The summed E-state index contributed by atoms with van der Waals surface area (Å²) in [6.07, 6.45) is 3.64. The highest BCUT2D eigenvalue weighted by atomic mass is 16.4. The number of aromatic nitrogens is 1. The molecule has 0 saturated heterocycles. The molecular weight excluding hydrogens is 230 g/mol. The zero-order valence-corrected chi connectivity index (χ0v) is 10.8. The maximum absolute atomic E-state index is 11.4. The molecule has 1 fully saturated rings. The normalized spacial score (nSPS) is 23.9. The quantitative estimate of drug-likeness (QED) is 0.874. The Labute approximate surface area is 106 Å². The first-order chi connectivity index (χ1) is 8.50. The molecule has 1 aromatic heterocycles. The fraction of sp³-hybridized carbons (Fsp3) is 0.571. The van der Waals surface area contributed by atoms with Crippen molar-refractivity contribution in [2.45, 2.75) is 45.6 Å². The van der Waals surface area contributed by atoms with Crippen molar-refractivity contribution in [2.75, 3.05) is 0 Å². The second-order valence-corrected chi connectivity index (χ2v) is 5.14. The lowest BCUT2D eigenvalue weighted by molar-refractivity contribution is -0.144. The molecule has 4 heteroatoms. The minimum absolute atomic E-state index is 0.0102. The highest BCUT2D eigenvalue weighted by Crippen LogP contribution is 2.35. The summed E-state index contributed by atoms with van der Waals surface area (Å²) in [6.45, 7) is 3.75. The Hall–Kier alpha value is -1.58. The van der Waals surface area contributed by atoms with Gasteiger partial charge in [0.2, 0.25) is 0 Å². The monoisotopic (exact) mass is 249 g/mol. The van der Waals surface area contributed by atoms with Crippen LogP contribution in [0.5, 0.6) is 0 Å². The Morgan fingerprint density at radius 3 is 2.33 bits per heavy atom. The van der Waals surface area contributed by atoms with Crippen molar-refractivity contribution in [2.24, 2.45) is 5.92 Å². The van der Waals surface area contributed by atoms with Crippen LogP contribution in [0.1, 0.15) is 43.1 Å². The topological polar surface area (TPSA) is 59.3 Å². The lowest BCUT2D eigenvalue weighted by atomic mass is 9.84. The average molecular weight is 249 g/mol. The number of hydrogen-bond acceptors (Lipinski definition) is 2. The Bertz CT molecular complexity index is 492. The molecule has 0 amide bonds. The van der Waals surface area contributed by atoms with Crippen molar-refractivity contribution in [3.63, 3.8) is 0 Å². The predicted molar refractivity (Wildman–Crippen MR) is 68.8 cm³/mol. The first-order valence-corrected chi connectivity index (χ1v) is 6.43. The van der Waals surface area contributed by atoms with Crippen LogP contribution in [0.3, 0.4) is 0 Å². The zero-order chi connectivity index (χ0) is 13.3. The van der Waals surface area contributed by atoms with Gasteiger partial charge in [-0.15, -0.1) is 0 Å². The number of rotatable bonds is 2. The number of pyridine rings is 1. The number of hydrogen-bond donors (Lipinski definition) is 1. The van der Waals surface area contributed by atoms with Crippen LogP contribution in [-0.4, -0.2) is 15.6 Å². The number of carboxylic acid groups (broad SMARTS) is 1. The van der Waals surface area contributed by atoms with E-state index < -0.39 is 5.97 Å². The van der Waals surface area contributed by atoms with E-state index in [1.165, 1.54) is 0 Å². The molecule has 0 aliphatic heterocycles. The van der Waals surface area contributed by atoms with Crippen LogP contribution in [0.2, 0.25) is 0 Å². The van der Waals surface area contributed by atoms with Crippen molar-refractivity contribution in [1.29, 1.82) is 0 Å². The summed E-state index contributed by atoms with van der Waals surface area (Å²) in [5.41, 5.74) is 1.71. The summed E-state index contributed by atoms with van der Waals surface area (Å²) in [5, 5.41) is 9.33. The van der Waals surface area contributed by atoms with Gasteiger partial charge in [-0.05, 0) is 26.7 Å². The summed E-state index contributed by atoms with van der Waals surface area (Å²) in [5.74, 6) is -1.06. The summed E-state index contributed by atoms with van der Waals surface area (Å²) >= 11 is 0. The van der Waals surface area contributed by atoms with Crippen molar-refractivity contribution in [3.8, 4) is 0 Å². The van der Waals surface area contributed by atoms with E-state index in [4.69, 9.17) is 0 Å². The Morgan fingerprint density at radius 1 is 1.22 bits per heavy atom. The molecule has 0 aromatic carbocycles. The third kappa shape index (κ3) is 2.33. The van der Waals surface area contributed by atoms with Gasteiger partial charge in [-0.1, -0.05) is 12.8 Å². The molecule has 1 heterocycles. The molecule has 1 aliphatic carbocycles. The first kappa shape index (κ1) is 12.9. The van der Waals surface area contributed by atoms with E-state index in [9.17, 15) is 14.7 Å². The summed E-state index contributed by atoms with van der Waals surface area (Å²) in [4.78, 5) is 22.8. The summed E-state index contributed by atoms with van der Waals surface area (Å²) < 4.78 is 2.03. The minimum Gasteiger partial charge on any atom is -0.481 e. The summed E-state index contributed by atoms with van der Waals surface area (Å²) in [6, 6.07) is 3.15. The SMILES string of the molecule is Cc1cc(=O)cc(C)n1C1CCCCC1C(=O)O. The van der Waals surface area contributed by atoms with Crippen LogP contribution in [0, 0.1) is 19.8 Å². The molecule has 0 bridgehead atoms. The van der Waals surface area contributed by atoms with Crippen molar-refractivity contribution >= 4 is 5.97 Å². The maximum Gasteiger partial charge on any atom is 0.308 e. The third-order valence-electron chi connectivity index (χ3n) is 3.84. The van der Waals surface area contributed by atoms with Crippen LogP contribution in [-0.2, 0) is 4.79 Å². The van der Waals surface area contributed by atoms with Crippen LogP contribution in [0.15, 0.2) is 16.9 Å². The number of carboxylic acids is 1. The van der Waals surface area contributed by atoms with Gasteiger partial charge in [0.25, 0.3) is 0 Å². The molecule has 1 saturated carbocycles. The summed E-state index contributed by atoms with van der Waals surface area (Å²) in [7, 11) is 0. The largest absolute Gasteiger partial charge is 0.481 e. The van der Waals surface area contributed by atoms with Gasteiger partial charge in [0.05, 0.1) is 5.92 Å². The van der Waals surface area contributed by atoms with Crippen LogP contribution in [0.25, 0.3) is 0 Å². The first-order valence-electron chi connectivity index (χ1n) is 6.43. The van der Waals surface area contributed by atoms with Gasteiger partial charge in [-0.25, -0.2) is 0 Å². The van der Waals surface area contributed by atoms with Gasteiger partial charge >= 0.3 is 5.97 Å². The molecule has 98 valence electrons. The molecule has 2 unspecified atom stereocenters. The third-order valence-corrected chi connectivity index (χ3v) is 3.84. The van der Waals surface area contributed by atoms with Crippen LogP contribution in [0.4, 0.5) is 0 Å². The fourth-order valence-corrected chi connectivity index (χ4v) is 3.10. The average Bonchev–Trinajstić information content (AvgIpc) is 2.28. The Balaban J connectivity index is 2.46. The maximum atomic E-state index is 11.4. The fourth-order valence-electron chi connectivity index (χ4n) is 3.10. The molecule has 2 atom stereocenters.